The second-order valence-corrected chi connectivity index (χ2v) is 7.45. The van der Waals surface area contributed by atoms with E-state index >= 15 is 0 Å². The van der Waals surface area contributed by atoms with E-state index in [1.807, 2.05) is 0 Å². The van der Waals surface area contributed by atoms with Crippen LogP contribution >= 0.6 is 11.6 Å². The molecule has 7 heteroatoms. The van der Waals surface area contributed by atoms with Gasteiger partial charge in [0.05, 0.1) is 11.1 Å². The molecular weight excluding hydrogens is 378 g/mol. The number of nitro benzene ring substituents is 1. The molecule has 0 bridgehead atoms. The lowest BCUT2D eigenvalue weighted by atomic mass is 10.1. The first-order valence-corrected chi connectivity index (χ1v) is 10.7. The summed E-state index contributed by atoms with van der Waals surface area (Å²) in [6.45, 7) is 2.24. The number of carbonyl (C=O) groups excluding carboxylic acids is 1. The van der Waals surface area contributed by atoms with Gasteiger partial charge in [-0.3, -0.25) is 14.9 Å². The van der Waals surface area contributed by atoms with Crippen LogP contribution in [0.3, 0.4) is 0 Å². The summed E-state index contributed by atoms with van der Waals surface area (Å²) in [6.07, 6.45) is 15.3. The van der Waals surface area contributed by atoms with Crippen LogP contribution in [-0.2, 0) is 4.79 Å². The maximum absolute atomic E-state index is 11.8. The van der Waals surface area contributed by atoms with Crippen molar-refractivity contribution in [3.05, 3.63) is 38.9 Å². The Morgan fingerprint density at radius 1 is 1.07 bits per heavy atom. The molecule has 0 saturated carbocycles. The molecule has 0 spiro atoms. The standard InChI is InChI=1S/C21H32ClN3O3/c1-2-3-4-5-6-7-8-9-10-11-12-13-21(26)24-23-17-18-16-19(25(27)28)14-15-20(18)22/h14-17H,2-13H2,1H3,(H,24,26)/b23-17-. The number of halogens is 1. The zero-order valence-electron chi connectivity index (χ0n) is 16.8. The van der Waals surface area contributed by atoms with Gasteiger partial charge in [-0.15, -0.1) is 0 Å². The molecule has 1 N–H and O–H groups in total. The molecule has 1 aromatic carbocycles. The predicted octanol–water partition coefficient (Wildman–Crippen LogP) is 6.40. The number of amides is 1. The zero-order valence-corrected chi connectivity index (χ0v) is 17.5. The molecule has 0 saturated heterocycles. The number of nitrogens with zero attached hydrogens (tertiary/aromatic N) is 2. The molecule has 28 heavy (non-hydrogen) atoms. The van der Waals surface area contributed by atoms with Gasteiger partial charge in [-0.2, -0.15) is 5.10 Å². The number of rotatable bonds is 15. The number of nitro groups is 1. The Morgan fingerprint density at radius 3 is 2.21 bits per heavy atom. The number of non-ortho nitro benzene ring substituents is 1. The number of unbranched alkanes of at least 4 members (excludes halogenated alkanes) is 10. The average molecular weight is 410 g/mol. The molecule has 0 unspecified atom stereocenters. The van der Waals surface area contributed by atoms with Gasteiger partial charge in [0.15, 0.2) is 0 Å². The minimum Gasteiger partial charge on any atom is -0.273 e. The van der Waals surface area contributed by atoms with Gasteiger partial charge >= 0.3 is 0 Å². The van der Waals surface area contributed by atoms with Gasteiger partial charge in [0.25, 0.3) is 5.69 Å². The summed E-state index contributed by atoms with van der Waals surface area (Å²) in [6, 6.07) is 4.08. The molecule has 1 amide bonds. The number of nitrogens with one attached hydrogen (secondary N) is 1. The van der Waals surface area contributed by atoms with E-state index in [0.717, 1.165) is 19.3 Å². The molecule has 0 aliphatic carbocycles. The highest BCUT2D eigenvalue weighted by Gasteiger charge is 2.08. The van der Waals surface area contributed by atoms with Crippen LogP contribution in [0.4, 0.5) is 5.69 Å². The summed E-state index contributed by atoms with van der Waals surface area (Å²) >= 11 is 5.98. The summed E-state index contributed by atoms with van der Waals surface area (Å²) < 4.78 is 0. The Balaban J connectivity index is 2.10. The Bertz CT molecular complexity index is 635. The highest BCUT2D eigenvalue weighted by atomic mass is 35.5. The highest BCUT2D eigenvalue weighted by Crippen LogP contribution is 2.20. The largest absolute Gasteiger partial charge is 0.273 e. The van der Waals surface area contributed by atoms with E-state index in [9.17, 15) is 14.9 Å². The van der Waals surface area contributed by atoms with Crippen molar-refractivity contribution in [3.8, 4) is 0 Å². The van der Waals surface area contributed by atoms with E-state index in [1.54, 1.807) is 0 Å². The normalized spacial score (nSPS) is 11.1. The lowest BCUT2D eigenvalue weighted by molar-refractivity contribution is -0.384. The molecule has 0 radical (unpaired) electrons. The molecule has 0 aromatic heterocycles. The minimum atomic E-state index is -0.501. The molecule has 6 nitrogen and oxygen atoms in total. The Kier molecular flexibility index (Phi) is 12.9. The molecule has 0 atom stereocenters. The van der Waals surface area contributed by atoms with Crippen molar-refractivity contribution >= 4 is 29.4 Å². The third-order valence-corrected chi connectivity index (χ3v) is 4.93. The van der Waals surface area contributed by atoms with Gasteiger partial charge < -0.3 is 0 Å². The van der Waals surface area contributed by atoms with Crippen LogP contribution in [0.5, 0.6) is 0 Å². The summed E-state index contributed by atoms with van der Waals surface area (Å²) in [5.41, 5.74) is 2.77. The molecule has 0 aliphatic heterocycles. The van der Waals surface area contributed by atoms with Crippen LogP contribution in [-0.4, -0.2) is 17.0 Å². The van der Waals surface area contributed by atoms with Gasteiger partial charge in [0, 0.05) is 29.1 Å². The SMILES string of the molecule is CCCCCCCCCCCCCC(=O)N/N=C\c1cc([N+](=O)[O-])ccc1Cl. The summed E-state index contributed by atoms with van der Waals surface area (Å²) in [5.74, 6) is -0.159. The molecule has 1 aromatic rings. The van der Waals surface area contributed by atoms with Crippen LogP contribution in [0.25, 0.3) is 0 Å². The molecule has 0 heterocycles. The number of hydrogen-bond donors (Lipinski definition) is 1. The van der Waals surface area contributed by atoms with Crippen molar-refractivity contribution in [3.63, 3.8) is 0 Å². The van der Waals surface area contributed by atoms with Crippen molar-refractivity contribution in [1.29, 1.82) is 0 Å². The van der Waals surface area contributed by atoms with Gasteiger partial charge in [-0.1, -0.05) is 82.7 Å². The highest BCUT2D eigenvalue weighted by molar-refractivity contribution is 6.33. The molecular formula is C21H32ClN3O3. The topological polar surface area (TPSA) is 84.6 Å². The van der Waals surface area contributed by atoms with E-state index in [4.69, 9.17) is 11.6 Å². The maximum Gasteiger partial charge on any atom is 0.270 e. The number of carbonyl (C=O) groups is 1. The minimum absolute atomic E-state index is 0.0712. The van der Waals surface area contributed by atoms with Crippen molar-refractivity contribution in [2.75, 3.05) is 0 Å². The predicted molar refractivity (Wildman–Crippen MR) is 115 cm³/mol. The molecule has 0 fully saturated rings. The second kappa shape index (κ2) is 15.0. The van der Waals surface area contributed by atoms with Crippen molar-refractivity contribution in [2.45, 2.75) is 84.0 Å². The summed E-state index contributed by atoms with van der Waals surface area (Å²) in [7, 11) is 0. The van der Waals surface area contributed by atoms with E-state index in [1.165, 1.54) is 75.8 Å². The van der Waals surface area contributed by atoms with Crippen LogP contribution in [0.15, 0.2) is 23.3 Å². The van der Waals surface area contributed by atoms with Crippen LogP contribution in [0.2, 0.25) is 5.02 Å². The Morgan fingerprint density at radius 2 is 1.64 bits per heavy atom. The number of hydrogen-bond acceptors (Lipinski definition) is 4. The smallest absolute Gasteiger partial charge is 0.270 e. The Labute approximate surface area is 172 Å². The van der Waals surface area contributed by atoms with Crippen molar-refractivity contribution in [2.24, 2.45) is 5.10 Å². The van der Waals surface area contributed by atoms with E-state index in [2.05, 4.69) is 17.5 Å². The quantitative estimate of drug-likeness (QED) is 0.157. The van der Waals surface area contributed by atoms with Crippen molar-refractivity contribution < 1.29 is 9.72 Å². The average Bonchev–Trinajstić information content (AvgIpc) is 2.67. The van der Waals surface area contributed by atoms with Gasteiger partial charge in [0.2, 0.25) is 5.91 Å². The third-order valence-electron chi connectivity index (χ3n) is 4.59. The Hall–Kier alpha value is -1.95. The lowest BCUT2D eigenvalue weighted by Gasteiger charge is -2.03. The lowest BCUT2D eigenvalue weighted by Crippen LogP contribution is -2.16. The first-order chi connectivity index (χ1) is 13.5. The summed E-state index contributed by atoms with van der Waals surface area (Å²) in [4.78, 5) is 22.1. The van der Waals surface area contributed by atoms with E-state index in [0.29, 0.717) is 17.0 Å². The molecule has 0 aliphatic rings. The second-order valence-electron chi connectivity index (χ2n) is 7.04. The maximum atomic E-state index is 11.8. The first kappa shape index (κ1) is 24.1. The van der Waals surface area contributed by atoms with Gasteiger partial charge in [0.1, 0.15) is 0 Å². The summed E-state index contributed by atoms with van der Waals surface area (Å²) in [5, 5.41) is 15.0. The van der Waals surface area contributed by atoms with E-state index < -0.39 is 4.92 Å². The third kappa shape index (κ3) is 11.0. The van der Waals surface area contributed by atoms with Crippen LogP contribution in [0, 0.1) is 10.1 Å². The first-order valence-electron chi connectivity index (χ1n) is 10.3. The monoisotopic (exact) mass is 409 g/mol. The van der Waals surface area contributed by atoms with Crippen LogP contribution in [0.1, 0.15) is 89.5 Å². The fraction of sp³-hybridized carbons (Fsp3) is 0.619. The molecule has 156 valence electrons. The number of benzene rings is 1. The van der Waals surface area contributed by atoms with Gasteiger partial charge in [-0.05, 0) is 12.5 Å². The zero-order chi connectivity index (χ0) is 20.6. The fourth-order valence-electron chi connectivity index (χ4n) is 2.92. The van der Waals surface area contributed by atoms with Crippen LogP contribution < -0.4 is 5.43 Å². The van der Waals surface area contributed by atoms with E-state index in [-0.39, 0.29) is 11.6 Å². The fourth-order valence-corrected chi connectivity index (χ4v) is 3.09. The van der Waals surface area contributed by atoms with Gasteiger partial charge in [-0.25, -0.2) is 5.43 Å². The number of hydrazone groups is 1. The molecule has 1 rings (SSSR count). The van der Waals surface area contributed by atoms with Crippen molar-refractivity contribution in [1.82, 2.24) is 5.43 Å².